The number of ether oxygens (including phenoxy) is 1. The molecule has 140 valence electrons. The van der Waals surface area contributed by atoms with Crippen LogP contribution in [0.2, 0.25) is 0 Å². The van der Waals surface area contributed by atoms with Gasteiger partial charge in [0.05, 0.1) is 6.10 Å². The van der Waals surface area contributed by atoms with Gasteiger partial charge in [0.25, 0.3) is 0 Å². The molecule has 26 heavy (non-hydrogen) atoms. The summed E-state index contributed by atoms with van der Waals surface area (Å²) in [5, 5.41) is 20.7. The molecule has 2 unspecified atom stereocenters. The number of para-hydroxylation sites is 1. The van der Waals surface area contributed by atoms with Crippen LogP contribution in [0.1, 0.15) is 24.5 Å². The SMILES string of the molecule is OC(COc1ccccc1)CN1CCC(C(O)c2ccc(F)cc2)CC1. The summed E-state index contributed by atoms with van der Waals surface area (Å²) in [4.78, 5) is 2.20. The Balaban J connectivity index is 1.41. The molecule has 0 aromatic heterocycles. The molecule has 3 rings (SSSR count). The monoisotopic (exact) mass is 359 g/mol. The van der Waals surface area contributed by atoms with Gasteiger partial charge in [-0.05, 0) is 61.7 Å². The zero-order valence-electron chi connectivity index (χ0n) is 14.8. The van der Waals surface area contributed by atoms with Crippen molar-refractivity contribution >= 4 is 0 Å². The van der Waals surface area contributed by atoms with Crippen molar-refractivity contribution in [3.8, 4) is 5.75 Å². The molecule has 5 heteroatoms. The summed E-state index contributed by atoms with van der Waals surface area (Å²) in [6, 6.07) is 15.5. The second kappa shape index (κ2) is 9.12. The molecule has 0 bridgehead atoms. The lowest BCUT2D eigenvalue weighted by molar-refractivity contribution is 0.0278. The Labute approximate surface area is 153 Å². The summed E-state index contributed by atoms with van der Waals surface area (Å²) in [5.74, 6) is 0.629. The van der Waals surface area contributed by atoms with Gasteiger partial charge in [0.15, 0.2) is 0 Å². The van der Waals surface area contributed by atoms with Gasteiger partial charge in [-0.2, -0.15) is 0 Å². The number of aliphatic hydroxyl groups is 2. The minimum Gasteiger partial charge on any atom is -0.491 e. The maximum absolute atomic E-state index is 13.0. The second-order valence-corrected chi connectivity index (χ2v) is 6.91. The number of aliphatic hydroxyl groups excluding tert-OH is 2. The van der Waals surface area contributed by atoms with Crippen molar-refractivity contribution in [2.45, 2.75) is 25.0 Å². The molecule has 0 aliphatic carbocycles. The lowest BCUT2D eigenvalue weighted by Gasteiger charge is -2.35. The molecule has 2 aromatic carbocycles. The first-order valence-corrected chi connectivity index (χ1v) is 9.13. The molecular weight excluding hydrogens is 333 g/mol. The van der Waals surface area contributed by atoms with Crippen LogP contribution in [0.15, 0.2) is 54.6 Å². The Morgan fingerprint density at radius 2 is 1.65 bits per heavy atom. The minimum absolute atomic E-state index is 0.162. The van der Waals surface area contributed by atoms with Crippen LogP contribution >= 0.6 is 0 Å². The Morgan fingerprint density at radius 3 is 2.31 bits per heavy atom. The number of rotatable bonds is 7. The topological polar surface area (TPSA) is 52.9 Å². The minimum atomic E-state index is -0.566. The zero-order chi connectivity index (χ0) is 18.4. The molecule has 2 aromatic rings. The predicted octanol–water partition coefficient (Wildman–Crippen LogP) is 3.01. The van der Waals surface area contributed by atoms with Crippen LogP contribution in [0, 0.1) is 11.7 Å². The van der Waals surface area contributed by atoms with Gasteiger partial charge in [-0.3, -0.25) is 0 Å². The van der Waals surface area contributed by atoms with E-state index in [2.05, 4.69) is 4.90 Å². The molecule has 2 atom stereocenters. The van der Waals surface area contributed by atoms with Gasteiger partial charge >= 0.3 is 0 Å². The second-order valence-electron chi connectivity index (χ2n) is 6.91. The molecule has 0 amide bonds. The lowest BCUT2D eigenvalue weighted by atomic mass is 9.87. The van der Waals surface area contributed by atoms with Crippen LogP contribution < -0.4 is 4.74 Å². The number of likely N-dealkylation sites (tertiary alicyclic amines) is 1. The molecule has 0 radical (unpaired) electrons. The van der Waals surface area contributed by atoms with E-state index >= 15 is 0 Å². The molecule has 1 aliphatic rings. The summed E-state index contributed by atoms with van der Waals surface area (Å²) < 4.78 is 18.6. The summed E-state index contributed by atoms with van der Waals surface area (Å²) in [7, 11) is 0. The Kier molecular flexibility index (Phi) is 6.61. The molecule has 4 nitrogen and oxygen atoms in total. The molecule has 0 spiro atoms. The lowest BCUT2D eigenvalue weighted by Crippen LogP contribution is -2.41. The standard InChI is InChI=1S/C21H26FNO3/c22-18-8-6-16(7-9-18)21(25)17-10-12-23(13-11-17)14-19(24)15-26-20-4-2-1-3-5-20/h1-9,17,19,21,24-25H,10-15H2. The number of β-amino-alcohol motifs (C(OH)–C–C–N with tert-alkyl or cyclic N) is 1. The van der Waals surface area contributed by atoms with Crippen LogP contribution in [0.5, 0.6) is 5.75 Å². The normalized spacial score (nSPS) is 18.4. The fourth-order valence-electron chi connectivity index (χ4n) is 3.44. The number of halogens is 1. The Hall–Kier alpha value is -1.95. The highest BCUT2D eigenvalue weighted by Gasteiger charge is 2.27. The number of piperidine rings is 1. The summed E-state index contributed by atoms with van der Waals surface area (Å²) >= 11 is 0. The van der Waals surface area contributed by atoms with Crippen molar-refractivity contribution in [1.82, 2.24) is 4.90 Å². The van der Waals surface area contributed by atoms with Gasteiger partial charge in [0, 0.05) is 6.54 Å². The van der Waals surface area contributed by atoms with E-state index in [4.69, 9.17) is 4.74 Å². The molecule has 1 aliphatic heterocycles. The molecule has 1 heterocycles. The van der Waals surface area contributed by atoms with E-state index in [9.17, 15) is 14.6 Å². The quantitative estimate of drug-likeness (QED) is 0.798. The summed E-state index contributed by atoms with van der Waals surface area (Å²) in [5.41, 5.74) is 0.765. The van der Waals surface area contributed by atoms with Crippen LogP contribution in [0.4, 0.5) is 4.39 Å². The highest BCUT2D eigenvalue weighted by Crippen LogP contribution is 2.30. The van der Waals surface area contributed by atoms with Crippen molar-refractivity contribution in [3.05, 3.63) is 66.0 Å². The fourth-order valence-corrected chi connectivity index (χ4v) is 3.44. The Bertz CT molecular complexity index is 657. The van der Waals surface area contributed by atoms with Crippen LogP contribution in [-0.4, -0.2) is 47.5 Å². The zero-order valence-corrected chi connectivity index (χ0v) is 14.8. The van der Waals surface area contributed by atoms with E-state index in [-0.39, 0.29) is 18.3 Å². The van der Waals surface area contributed by atoms with E-state index in [0.717, 1.165) is 37.2 Å². The third-order valence-corrected chi connectivity index (χ3v) is 4.94. The Morgan fingerprint density at radius 1 is 1.00 bits per heavy atom. The van der Waals surface area contributed by atoms with Crippen LogP contribution in [0.3, 0.4) is 0 Å². The van der Waals surface area contributed by atoms with E-state index in [1.807, 2.05) is 30.3 Å². The predicted molar refractivity (Wildman–Crippen MR) is 98.5 cm³/mol. The molecule has 0 saturated carbocycles. The number of hydrogen-bond donors (Lipinski definition) is 2. The van der Waals surface area contributed by atoms with Crippen molar-refractivity contribution < 1.29 is 19.3 Å². The van der Waals surface area contributed by atoms with Crippen molar-refractivity contribution in [2.24, 2.45) is 5.92 Å². The fraction of sp³-hybridized carbons (Fsp3) is 0.429. The van der Waals surface area contributed by atoms with Crippen LogP contribution in [0.25, 0.3) is 0 Å². The van der Waals surface area contributed by atoms with Crippen LogP contribution in [-0.2, 0) is 0 Å². The summed E-state index contributed by atoms with van der Waals surface area (Å²) in [6.45, 7) is 2.48. The van der Waals surface area contributed by atoms with Gasteiger partial charge < -0.3 is 19.8 Å². The molecular formula is C21H26FNO3. The van der Waals surface area contributed by atoms with Crippen molar-refractivity contribution in [2.75, 3.05) is 26.2 Å². The average molecular weight is 359 g/mol. The molecule has 2 N–H and O–H groups in total. The van der Waals surface area contributed by atoms with E-state index < -0.39 is 12.2 Å². The maximum atomic E-state index is 13.0. The van der Waals surface area contributed by atoms with Gasteiger partial charge in [-0.15, -0.1) is 0 Å². The van der Waals surface area contributed by atoms with Gasteiger partial charge in [-0.25, -0.2) is 4.39 Å². The highest BCUT2D eigenvalue weighted by molar-refractivity contribution is 5.21. The van der Waals surface area contributed by atoms with Gasteiger partial charge in [0.2, 0.25) is 0 Å². The van der Waals surface area contributed by atoms with Crippen molar-refractivity contribution in [3.63, 3.8) is 0 Å². The third-order valence-electron chi connectivity index (χ3n) is 4.94. The number of hydrogen-bond acceptors (Lipinski definition) is 4. The van der Waals surface area contributed by atoms with Crippen molar-refractivity contribution in [1.29, 1.82) is 0 Å². The third kappa shape index (κ3) is 5.27. The first kappa shape index (κ1) is 18.8. The van der Waals surface area contributed by atoms with E-state index in [0.29, 0.717) is 6.54 Å². The average Bonchev–Trinajstić information content (AvgIpc) is 2.68. The van der Waals surface area contributed by atoms with E-state index in [1.54, 1.807) is 12.1 Å². The first-order chi connectivity index (χ1) is 12.6. The number of benzene rings is 2. The molecule has 1 fully saturated rings. The molecule has 1 saturated heterocycles. The number of nitrogens with zero attached hydrogens (tertiary/aromatic N) is 1. The highest BCUT2D eigenvalue weighted by atomic mass is 19.1. The largest absolute Gasteiger partial charge is 0.491 e. The van der Waals surface area contributed by atoms with Gasteiger partial charge in [-0.1, -0.05) is 30.3 Å². The maximum Gasteiger partial charge on any atom is 0.123 e. The van der Waals surface area contributed by atoms with E-state index in [1.165, 1.54) is 12.1 Å². The smallest absolute Gasteiger partial charge is 0.123 e. The van der Waals surface area contributed by atoms with Gasteiger partial charge in [0.1, 0.15) is 24.3 Å². The first-order valence-electron chi connectivity index (χ1n) is 9.13. The summed E-state index contributed by atoms with van der Waals surface area (Å²) in [6.07, 6.45) is 0.591.